The van der Waals surface area contributed by atoms with E-state index in [1.165, 1.54) is 0 Å². The quantitative estimate of drug-likeness (QED) is 0.491. The summed E-state index contributed by atoms with van der Waals surface area (Å²) in [6.07, 6.45) is 1.56. The van der Waals surface area contributed by atoms with Gasteiger partial charge in [0, 0.05) is 55.4 Å². The van der Waals surface area contributed by atoms with Gasteiger partial charge in [-0.3, -0.25) is 4.90 Å². The zero-order valence-electron chi connectivity index (χ0n) is 17.0. The van der Waals surface area contributed by atoms with Crippen LogP contribution >= 0.6 is 11.3 Å². The van der Waals surface area contributed by atoms with Gasteiger partial charge in [-0.15, -0.1) is 11.3 Å². The first-order chi connectivity index (χ1) is 14.7. The van der Waals surface area contributed by atoms with E-state index in [4.69, 9.17) is 9.72 Å². The molecular formula is C21H23N7OS. The Morgan fingerprint density at radius 2 is 1.87 bits per heavy atom. The number of rotatable bonds is 5. The van der Waals surface area contributed by atoms with E-state index in [1.54, 1.807) is 24.8 Å². The van der Waals surface area contributed by atoms with Crippen molar-refractivity contribution in [1.29, 1.82) is 0 Å². The Labute approximate surface area is 178 Å². The van der Waals surface area contributed by atoms with Crippen molar-refractivity contribution >= 4 is 22.9 Å². The van der Waals surface area contributed by atoms with E-state index in [2.05, 4.69) is 48.4 Å². The van der Waals surface area contributed by atoms with Crippen LogP contribution < -0.4 is 9.64 Å². The Bertz CT molecular complexity index is 1150. The van der Waals surface area contributed by atoms with Gasteiger partial charge in [0.05, 0.1) is 12.8 Å². The van der Waals surface area contributed by atoms with Gasteiger partial charge < -0.3 is 9.64 Å². The van der Waals surface area contributed by atoms with Crippen molar-refractivity contribution in [1.82, 2.24) is 29.5 Å². The smallest absolute Gasteiger partial charge is 0.254 e. The van der Waals surface area contributed by atoms with Gasteiger partial charge >= 0.3 is 0 Å². The summed E-state index contributed by atoms with van der Waals surface area (Å²) in [5.74, 6) is 2.58. The van der Waals surface area contributed by atoms with Crippen molar-refractivity contribution < 1.29 is 4.74 Å². The summed E-state index contributed by atoms with van der Waals surface area (Å²) >= 11 is 1.69. The second-order valence-corrected chi connectivity index (χ2v) is 8.22. The van der Waals surface area contributed by atoms with Crippen molar-refractivity contribution in [3.05, 3.63) is 53.4 Å². The predicted molar refractivity (Wildman–Crippen MR) is 117 cm³/mol. The summed E-state index contributed by atoms with van der Waals surface area (Å²) in [4.78, 5) is 18.3. The molecule has 0 aliphatic carbocycles. The van der Waals surface area contributed by atoms with Crippen LogP contribution in [0.15, 0.2) is 42.0 Å². The molecule has 0 radical (unpaired) electrons. The summed E-state index contributed by atoms with van der Waals surface area (Å²) in [5, 5.41) is 7.55. The minimum absolute atomic E-state index is 0.654. The third-order valence-corrected chi connectivity index (χ3v) is 6.27. The summed E-state index contributed by atoms with van der Waals surface area (Å²) in [7, 11) is 1.68. The molecule has 0 N–H and O–H groups in total. The lowest BCUT2D eigenvalue weighted by atomic mass is 10.2. The number of ether oxygens (including phenoxy) is 1. The number of nitrogens with zero attached hydrogens (tertiary/aromatic N) is 7. The lowest BCUT2D eigenvalue weighted by Gasteiger charge is -2.35. The monoisotopic (exact) mass is 421 g/mol. The van der Waals surface area contributed by atoms with Gasteiger partial charge in [-0.1, -0.05) is 0 Å². The molecule has 4 heterocycles. The molecule has 9 heteroatoms. The van der Waals surface area contributed by atoms with E-state index in [-0.39, 0.29) is 0 Å². The summed E-state index contributed by atoms with van der Waals surface area (Å²) in [6.45, 7) is 6.70. The fourth-order valence-electron chi connectivity index (χ4n) is 3.75. The summed E-state index contributed by atoms with van der Waals surface area (Å²) in [6, 6.07) is 10.1. The first kappa shape index (κ1) is 19.0. The molecular weight excluding hydrogens is 398 g/mol. The standard InChI is InChI=1S/C21H23N7OS/c1-15-11-19(28-21(24-15)22-14-23-28)27-9-7-26(8-10-27)12-17-13-30-20(25-17)16-3-5-18(29-2)6-4-16/h3-6,11,13-14H,7-10,12H2,1-2H3. The Morgan fingerprint density at radius 1 is 1.07 bits per heavy atom. The van der Waals surface area contributed by atoms with Crippen molar-refractivity contribution in [3.8, 4) is 16.3 Å². The van der Waals surface area contributed by atoms with Crippen LogP contribution in [0.1, 0.15) is 11.4 Å². The van der Waals surface area contributed by atoms with Crippen LogP contribution in [0.4, 0.5) is 5.82 Å². The highest BCUT2D eigenvalue weighted by Gasteiger charge is 2.21. The molecule has 5 rings (SSSR count). The minimum Gasteiger partial charge on any atom is -0.497 e. The fourth-order valence-corrected chi connectivity index (χ4v) is 4.56. The number of aryl methyl sites for hydroxylation is 1. The molecule has 0 atom stereocenters. The van der Waals surface area contributed by atoms with E-state index in [9.17, 15) is 0 Å². The molecule has 154 valence electrons. The van der Waals surface area contributed by atoms with Gasteiger partial charge in [0.25, 0.3) is 5.78 Å². The van der Waals surface area contributed by atoms with Crippen LogP contribution in [0.25, 0.3) is 16.3 Å². The van der Waals surface area contributed by atoms with Gasteiger partial charge in [-0.05, 0) is 31.2 Å². The molecule has 1 aliphatic rings. The molecule has 0 spiro atoms. The lowest BCUT2D eigenvalue weighted by Crippen LogP contribution is -2.46. The number of fused-ring (bicyclic) bond motifs is 1. The number of piperazine rings is 1. The number of hydrogen-bond donors (Lipinski definition) is 0. The highest BCUT2D eigenvalue weighted by Crippen LogP contribution is 2.26. The topological polar surface area (TPSA) is 71.7 Å². The highest BCUT2D eigenvalue weighted by atomic mass is 32.1. The van der Waals surface area contributed by atoms with E-state index in [0.717, 1.165) is 66.3 Å². The van der Waals surface area contributed by atoms with Crippen LogP contribution in [0.3, 0.4) is 0 Å². The van der Waals surface area contributed by atoms with E-state index in [0.29, 0.717) is 5.78 Å². The number of aromatic nitrogens is 5. The highest BCUT2D eigenvalue weighted by molar-refractivity contribution is 7.13. The normalized spacial score (nSPS) is 15.1. The molecule has 4 aromatic rings. The third-order valence-electron chi connectivity index (χ3n) is 5.33. The Morgan fingerprint density at radius 3 is 2.63 bits per heavy atom. The maximum absolute atomic E-state index is 5.24. The zero-order chi connectivity index (χ0) is 20.5. The maximum Gasteiger partial charge on any atom is 0.254 e. The van der Waals surface area contributed by atoms with Crippen molar-refractivity contribution in [3.63, 3.8) is 0 Å². The molecule has 1 aromatic carbocycles. The van der Waals surface area contributed by atoms with Crippen LogP contribution in [-0.2, 0) is 6.54 Å². The first-order valence-corrected chi connectivity index (χ1v) is 10.8. The molecule has 30 heavy (non-hydrogen) atoms. The number of benzene rings is 1. The second-order valence-electron chi connectivity index (χ2n) is 7.36. The van der Waals surface area contributed by atoms with E-state index in [1.807, 2.05) is 23.6 Å². The molecule has 0 saturated carbocycles. The summed E-state index contributed by atoms with van der Waals surface area (Å²) in [5.41, 5.74) is 3.21. The molecule has 1 saturated heterocycles. The Hall–Kier alpha value is -3.04. The second kappa shape index (κ2) is 8.00. The van der Waals surface area contributed by atoms with Crippen molar-refractivity contribution in [2.45, 2.75) is 13.5 Å². The SMILES string of the molecule is COc1ccc(-c2nc(CN3CCN(c4cc(C)nc5ncnn45)CC3)cs2)cc1. The van der Waals surface area contributed by atoms with Gasteiger partial charge in [-0.25, -0.2) is 9.97 Å². The fraction of sp³-hybridized carbons (Fsp3) is 0.333. The van der Waals surface area contributed by atoms with Crippen LogP contribution in [0.2, 0.25) is 0 Å². The molecule has 0 bridgehead atoms. The number of methoxy groups -OCH3 is 1. The number of anilines is 1. The zero-order valence-corrected chi connectivity index (χ0v) is 17.8. The predicted octanol–water partition coefficient (Wildman–Crippen LogP) is 2.89. The number of hydrogen-bond acceptors (Lipinski definition) is 8. The Kier molecular flexibility index (Phi) is 5.06. The molecule has 3 aromatic heterocycles. The minimum atomic E-state index is 0.654. The van der Waals surface area contributed by atoms with Gasteiger partial charge in [0.2, 0.25) is 0 Å². The van der Waals surface area contributed by atoms with E-state index < -0.39 is 0 Å². The molecule has 1 aliphatic heterocycles. The Balaban J connectivity index is 1.23. The van der Waals surface area contributed by atoms with Crippen molar-refractivity contribution in [2.24, 2.45) is 0 Å². The average molecular weight is 422 g/mol. The van der Waals surface area contributed by atoms with Gasteiger partial charge in [0.1, 0.15) is 22.9 Å². The average Bonchev–Trinajstić information content (AvgIpc) is 3.43. The molecule has 0 amide bonds. The molecule has 1 fully saturated rings. The van der Waals surface area contributed by atoms with Crippen molar-refractivity contribution in [2.75, 3.05) is 38.2 Å². The first-order valence-electron chi connectivity index (χ1n) is 9.93. The van der Waals surface area contributed by atoms with Crippen LogP contribution in [0.5, 0.6) is 5.75 Å². The third kappa shape index (κ3) is 3.73. The van der Waals surface area contributed by atoms with Crippen LogP contribution in [0, 0.1) is 6.92 Å². The molecule has 8 nitrogen and oxygen atoms in total. The van der Waals surface area contributed by atoms with Gasteiger partial charge in [-0.2, -0.15) is 14.6 Å². The molecule has 0 unspecified atom stereocenters. The lowest BCUT2D eigenvalue weighted by molar-refractivity contribution is 0.246. The largest absolute Gasteiger partial charge is 0.497 e. The van der Waals surface area contributed by atoms with Crippen LogP contribution in [-0.4, -0.2) is 62.8 Å². The maximum atomic E-state index is 5.24. The van der Waals surface area contributed by atoms with E-state index >= 15 is 0 Å². The summed E-state index contributed by atoms with van der Waals surface area (Å²) < 4.78 is 7.06. The number of thiazole rings is 1. The van der Waals surface area contributed by atoms with Gasteiger partial charge in [0.15, 0.2) is 0 Å².